The van der Waals surface area contributed by atoms with Crippen molar-refractivity contribution in [1.82, 2.24) is 9.78 Å². The number of hydrogen-bond acceptors (Lipinski definition) is 1. The molecule has 0 fully saturated rings. The van der Waals surface area contributed by atoms with Gasteiger partial charge in [-0.15, -0.1) is 0 Å². The Hall–Kier alpha value is -1.85. The van der Waals surface area contributed by atoms with Gasteiger partial charge in [-0.05, 0) is 24.3 Å². The first-order valence-corrected chi connectivity index (χ1v) is 4.35. The molecule has 6 heteroatoms. The molecule has 0 saturated carbocycles. The van der Waals surface area contributed by atoms with E-state index in [4.69, 9.17) is 0 Å². The van der Waals surface area contributed by atoms with Crippen LogP contribution in [0, 0.1) is 5.82 Å². The first-order chi connectivity index (χ1) is 7.47. The Morgan fingerprint density at radius 3 is 2.44 bits per heavy atom. The Labute approximate surface area is 88.1 Å². The second kappa shape index (κ2) is 3.62. The SMILES string of the molecule is Fc1cccc(-n2ccc(C(F)(F)F)n2)c1. The van der Waals surface area contributed by atoms with Crippen LogP contribution in [0.1, 0.15) is 5.69 Å². The Morgan fingerprint density at radius 2 is 1.88 bits per heavy atom. The van der Waals surface area contributed by atoms with Crippen molar-refractivity contribution in [2.45, 2.75) is 6.18 Å². The third-order valence-electron chi connectivity index (χ3n) is 1.95. The van der Waals surface area contributed by atoms with E-state index in [1.54, 1.807) is 0 Å². The van der Waals surface area contributed by atoms with E-state index in [0.29, 0.717) is 0 Å². The van der Waals surface area contributed by atoms with Gasteiger partial charge in [-0.1, -0.05) is 6.07 Å². The molecular formula is C10H6F4N2. The van der Waals surface area contributed by atoms with Crippen LogP contribution in [0.5, 0.6) is 0 Å². The van der Waals surface area contributed by atoms with Crippen molar-refractivity contribution in [1.29, 1.82) is 0 Å². The van der Waals surface area contributed by atoms with Gasteiger partial charge in [0.15, 0.2) is 5.69 Å². The monoisotopic (exact) mass is 230 g/mol. The van der Waals surface area contributed by atoms with E-state index >= 15 is 0 Å². The van der Waals surface area contributed by atoms with Gasteiger partial charge < -0.3 is 0 Å². The maximum Gasteiger partial charge on any atom is 0.435 e. The highest BCUT2D eigenvalue weighted by Gasteiger charge is 2.33. The summed E-state index contributed by atoms with van der Waals surface area (Å²) >= 11 is 0. The van der Waals surface area contributed by atoms with Crippen LogP contribution in [-0.2, 0) is 6.18 Å². The number of rotatable bonds is 1. The molecule has 0 aliphatic heterocycles. The van der Waals surface area contributed by atoms with Gasteiger partial charge in [0.25, 0.3) is 0 Å². The Balaban J connectivity index is 2.39. The largest absolute Gasteiger partial charge is 0.435 e. The van der Waals surface area contributed by atoms with Crippen molar-refractivity contribution in [3.05, 3.63) is 48.0 Å². The molecule has 16 heavy (non-hydrogen) atoms. The second-order valence-corrected chi connectivity index (χ2v) is 3.12. The molecule has 0 N–H and O–H groups in total. The molecule has 0 spiro atoms. The third kappa shape index (κ3) is 2.05. The van der Waals surface area contributed by atoms with Gasteiger partial charge in [0.2, 0.25) is 0 Å². The number of halogens is 4. The molecule has 2 aromatic rings. The van der Waals surface area contributed by atoms with Gasteiger partial charge in [-0.25, -0.2) is 9.07 Å². The van der Waals surface area contributed by atoms with Crippen LogP contribution in [0.15, 0.2) is 36.5 Å². The molecule has 2 rings (SSSR count). The van der Waals surface area contributed by atoms with Crippen molar-refractivity contribution >= 4 is 0 Å². The van der Waals surface area contributed by atoms with Crippen molar-refractivity contribution < 1.29 is 17.6 Å². The second-order valence-electron chi connectivity index (χ2n) is 3.12. The predicted molar refractivity (Wildman–Crippen MR) is 48.5 cm³/mol. The molecule has 0 aliphatic rings. The van der Waals surface area contributed by atoms with Gasteiger partial charge in [-0.2, -0.15) is 18.3 Å². The van der Waals surface area contributed by atoms with Gasteiger partial charge in [0.1, 0.15) is 5.82 Å². The normalized spacial score (nSPS) is 11.8. The van der Waals surface area contributed by atoms with E-state index in [1.807, 2.05) is 0 Å². The summed E-state index contributed by atoms with van der Waals surface area (Å²) in [6, 6.07) is 6.02. The van der Waals surface area contributed by atoms with Crippen LogP contribution in [0.25, 0.3) is 5.69 Å². The summed E-state index contributed by atoms with van der Waals surface area (Å²) in [7, 11) is 0. The summed E-state index contributed by atoms with van der Waals surface area (Å²) in [6.45, 7) is 0. The maximum atomic E-state index is 12.8. The van der Waals surface area contributed by atoms with Gasteiger partial charge in [-0.3, -0.25) is 0 Å². The Morgan fingerprint density at radius 1 is 1.12 bits per heavy atom. The number of benzene rings is 1. The van der Waals surface area contributed by atoms with E-state index in [2.05, 4.69) is 5.10 Å². The lowest BCUT2D eigenvalue weighted by molar-refractivity contribution is -0.141. The van der Waals surface area contributed by atoms with Crippen LogP contribution < -0.4 is 0 Å². The fourth-order valence-electron chi connectivity index (χ4n) is 1.24. The molecule has 0 unspecified atom stereocenters. The van der Waals surface area contributed by atoms with E-state index in [9.17, 15) is 17.6 Å². The van der Waals surface area contributed by atoms with Gasteiger partial charge >= 0.3 is 6.18 Å². The summed E-state index contributed by atoms with van der Waals surface area (Å²) in [5, 5.41) is 3.32. The van der Waals surface area contributed by atoms with Crippen LogP contribution in [-0.4, -0.2) is 9.78 Å². The summed E-state index contributed by atoms with van der Waals surface area (Å²) in [5.41, 5.74) is -0.757. The fraction of sp³-hybridized carbons (Fsp3) is 0.100. The molecule has 0 bridgehead atoms. The molecule has 0 amide bonds. The minimum atomic E-state index is -4.49. The van der Waals surface area contributed by atoms with Crippen molar-refractivity contribution in [2.24, 2.45) is 0 Å². The number of alkyl halides is 3. The smallest absolute Gasteiger partial charge is 0.240 e. The lowest BCUT2D eigenvalue weighted by Gasteiger charge is -2.02. The quantitative estimate of drug-likeness (QED) is 0.688. The molecular weight excluding hydrogens is 224 g/mol. The minimum absolute atomic E-state index is 0.246. The highest BCUT2D eigenvalue weighted by Crippen LogP contribution is 2.27. The molecule has 0 radical (unpaired) electrons. The maximum absolute atomic E-state index is 12.8. The summed E-state index contributed by atoms with van der Waals surface area (Å²) in [4.78, 5) is 0. The van der Waals surface area contributed by atoms with Crippen molar-refractivity contribution in [2.75, 3.05) is 0 Å². The molecule has 2 nitrogen and oxygen atoms in total. The molecule has 0 saturated heterocycles. The molecule has 84 valence electrons. The topological polar surface area (TPSA) is 17.8 Å². The lowest BCUT2D eigenvalue weighted by Crippen LogP contribution is -2.07. The molecule has 1 aromatic carbocycles. The summed E-state index contributed by atoms with van der Waals surface area (Å²) in [5.74, 6) is -0.526. The third-order valence-corrected chi connectivity index (χ3v) is 1.95. The molecule has 0 aliphatic carbocycles. The van der Waals surface area contributed by atoms with Crippen LogP contribution >= 0.6 is 0 Å². The van der Waals surface area contributed by atoms with E-state index < -0.39 is 17.7 Å². The predicted octanol–water partition coefficient (Wildman–Crippen LogP) is 3.03. The molecule has 1 heterocycles. The van der Waals surface area contributed by atoms with E-state index in [0.717, 1.165) is 23.0 Å². The highest BCUT2D eigenvalue weighted by atomic mass is 19.4. The van der Waals surface area contributed by atoms with Crippen LogP contribution in [0.2, 0.25) is 0 Å². The van der Waals surface area contributed by atoms with Crippen LogP contribution in [0.4, 0.5) is 17.6 Å². The molecule has 0 atom stereocenters. The Kier molecular flexibility index (Phi) is 2.41. The zero-order valence-corrected chi connectivity index (χ0v) is 7.87. The van der Waals surface area contributed by atoms with E-state index in [1.165, 1.54) is 18.2 Å². The van der Waals surface area contributed by atoms with Crippen LogP contribution in [0.3, 0.4) is 0 Å². The minimum Gasteiger partial charge on any atom is -0.240 e. The van der Waals surface area contributed by atoms with E-state index in [-0.39, 0.29) is 5.69 Å². The zero-order chi connectivity index (χ0) is 11.8. The Bertz CT molecular complexity index is 502. The first kappa shape index (κ1) is 10.7. The highest BCUT2D eigenvalue weighted by molar-refractivity contribution is 5.31. The number of hydrogen-bond donors (Lipinski definition) is 0. The van der Waals surface area contributed by atoms with Gasteiger partial charge in [0, 0.05) is 6.20 Å². The van der Waals surface area contributed by atoms with Crippen molar-refractivity contribution in [3.8, 4) is 5.69 Å². The lowest BCUT2D eigenvalue weighted by atomic mass is 10.3. The number of aromatic nitrogens is 2. The fourth-order valence-corrected chi connectivity index (χ4v) is 1.24. The number of nitrogens with zero attached hydrogens (tertiary/aromatic N) is 2. The average Bonchev–Trinajstić information content (AvgIpc) is 2.65. The summed E-state index contributed by atoms with van der Waals surface area (Å²) < 4.78 is 50.5. The van der Waals surface area contributed by atoms with Crippen molar-refractivity contribution in [3.63, 3.8) is 0 Å². The van der Waals surface area contributed by atoms with Gasteiger partial charge in [0.05, 0.1) is 5.69 Å². The standard InChI is InChI=1S/C10H6F4N2/c11-7-2-1-3-8(6-7)16-5-4-9(15-16)10(12,13)14/h1-6H. The first-order valence-electron chi connectivity index (χ1n) is 4.35. The average molecular weight is 230 g/mol. The zero-order valence-electron chi connectivity index (χ0n) is 7.87. The summed E-state index contributed by atoms with van der Waals surface area (Å²) in [6.07, 6.45) is -3.35. The molecule has 1 aromatic heterocycles.